The summed E-state index contributed by atoms with van der Waals surface area (Å²) >= 11 is 12.5. The zero-order valence-corrected chi connectivity index (χ0v) is 12.5. The van der Waals surface area contributed by atoms with Gasteiger partial charge >= 0.3 is 5.97 Å². The van der Waals surface area contributed by atoms with Gasteiger partial charge in [-0.3, -0.25) is 4.79 Å². The number of halogens is 1. The molecule has 0 radical (unpaired) electrons. The van der Waals surface area contributed by atoms with E-state index in [1.807, 2.05) is 25.1 Å². The third-order valence-electron chi connectivity index (χ3n) is 2.20. The molecule has 0 aliphatic rings. The summed E-state index contributed by atoms with van der Waals surface area (Å²) < 4.78 is 5.17. The lowest BCUT2D eigenvalue weighted by molar-refractivity contribution is -0.140. The summed E-state index contributed by atoms with van der Waals surface area (Å²) in [7, 11) is 1.37. The zero-order chi connectivity index (χ0) is 13.5. The molecule has 0 unspecified atom stereocenters. The van der Waals surface area contributed by atoms with Crippen LogP contribution in [0.15, 0.2) is 18.2 Å². The Bertz CT molecular complexity index is 452. The van der Waals surface area contributed by atoms with Crippen molar-refractivity contribution in [1.29, 1.82) is 0 Å². The second-order valence-corrected chi connectivity index (χ2v) is 5.75. The lowest BCUT2D eigenvalue weighted by Crippen LogP contribution is -2.08. The number of thioether (sulfide) groups is 1. The molecule has 0 heterocycles. The molecule has 6 heteroatoms. The predicted molar refractivity (Wildman–Crippen MR) is 81.5 cm³/mol. The molecule has 0 amide bonds. The molecule has 98 valence electrons. The number of thiocarbonyl (C=S) groups is 1. The first-order chi connectivity index (χ1) is 8.52. The van der Waals surface area contributed by atoms with Crippen LogP contribution in [-0.4, -0.2) is 23.2 Å². The Labute approximate surface area is 121 Å². The number of benzene rings is 1. The summed E-state index contributed by atoms with van der Waals surface area (Å²) in [6, 6.07) is 5.58. The Hall–Kier alpha value is -0.780. The van der Waals surface area contributed by atoms with E-state index in [1.54, 1.807) is 0 Å². The fourth-order valence-electron chi connectivity index (χ4n) is 1.20. The van der Waals surface area contributed by atoms with E-state index in [0.29, 0.717) is 21.5 Å². The highest BCUT2D eigenvalue weighted by molar-refractivity contribution is 8.23. The number of carbonyl (C=O) groups excluding carboxylic acids is 1. The van der Waals surface area contributed by atoms with Gasteiger partial charge in [-0.05, 0) is 24.6 Å². The summed E-state index contributed by atoms with van der Waals surface area (Å²) in [4.78, 5) is 10.9. The normalized spacial score (nSPS) is 9.94. The second-order valence-electron chi connectivity index (χ2n) is 3.55. The van der Waals surface area contributed by atoms with Gasteiger partial charge in [-0.25, -0.2) is 0 Å². The molecule has 1 N–H and O–H groups in total. The average Bonchev–Trinajstić information content (AvgIpc) is 2.33. The number of carbonyl (C=O) groups is 1. The third kappa shape index (κ3) is 5.25. The molecule has 1 aromatic rings. The standard InChI is InChI=1S/C12H14ClNO2S2/c1-8-3-4-9(13)7-10(8)14-12(17)18-6-5-11(15)16-2/h3-4,7H,5-6H2,1-2H3,(H,14,17). The minimum atomic E-state index is -0.232. The summed E-state index contributed by atoms with van der Waals surface area (Å²) in [6.45, 7) is 1.97. The van der Waals surface area contributed by atoms with Gasteiger partial charge in [0.15, 0.2) is 0 Å². The minimum Gasteiger partial charge on any atom is -0.469 e. The molecule has 0 saturated carbocycles. The van der Waals surface area contributed by atoms with E-state index in [9.17, 15) is 4.79 Å². The Morgan fingerprint density at radius 3 is 2.94 bits per heavy atom. The van der Waals surface area contributed by atoms with E-state index in [4.69, 9.17) is 23.8 Å². The van der Waals surface area contributed by atoms with E-state index in [-0.39, 0.29) is 5.97 Å². The lowest BCUT2D eigenvalue weighted by atomic mass is 10.2. The molecule has 0 aliphatic carbocycles. The van der Waals surface area contributed by atoms with E-state index < -0.39 is 0 Å². The van der Waals surface area contributed by atoms with Gasteiger partial charge in [-0.2, -0.15) is 0 Å². The molecule has 0 aromatic heterocycles. The second kappa shape index (κ2) is 7.61. The van der Waals surface area contributed by atoms with Crippen LogP contribution in [0.1, 0.15) is 12.0 Å². The maximum absolute atomic E-state index is 10.9. The van der Waals surface area contributed by atoms with Crippen LogP contribution < -0.4 is 5.32 Å². The number of rotatable bonds is 4. The smallest absolute Gasteiger partial charge is 0.306 e. The quantitative estimate of drug-likeness (QED) is 0.679. The van der Waals surface area contributed by atoms with Crippen LogP contribution in [0.2, 0.25) is 5.02 Å². The number of nitrogens with one attached hydrogen (secondary N) is 1. The minimum absolute atomic E-state index is 0.232. The lowest BCUT2D eigenvalue weighted by Gasteiger charge is -2.10. The van der Waals surface area contributed by atoms with Crippen LogP contribution in [0.25, 0.3) is 0 Å². The average molecular weight is 304 g/mol. The van der Waals surface area contributed by atoms with Crippen LogP contribution in [0.3, 0.4) is 0 Å². The fraction of sp³-hybridized carbons (Fsp3) is 0.333. The molecule has 0 spiro atoms. The Kier molecular flexibility index (Phi) is 6.46. The third-order valence-corrected chi connectivity index (χ3v) is 3.67. The molecule has 0 fully saturated rings. The first-order valence-electron chi connectivity index (χ1n) is 5.29. The Morgan fingerprint density at radius 2 is 2.28 bits per heavy atom. The molecule has 0 aliphatic heterocycles. The molecule has 0 saturated heterocycles. The molecular weight excluding hydrogens is 290 g/mol. The van der Waals surface area contributed by atoms with E-state index >= 15 is 0 Å². The van der Waals surface area contributed by atoms with Crippen molar-refractivity contribution in [3.8, 4) is 0 Å². The number of methoxy groups -OCH3 is 1. The molecular formula is C12H14ClNO2S2. The van der Waals surface area contributed by atoms with Crippen LogP contribution in [0.5, 0.6) is 0 Å². The van der Waals surface area contributed by atoms with Gasteiger partial charge in [0.25, 0.3) is 0 Å². The molecule has 0 atom stereocenters. The molecule has 1 rings (SSSR count). The van der Waals surface area contributed by atoms with Gasteiger partial charge in [-0.15, -0.1) is 0 Å². The van der Waals surface area contributed by atoms with Crippen molar-refractivity contribution in [1.82, 2.24) is 0 Å². The van der Waals surface area contributed by atoms with Gasteiger partial charge < -0.3 is 10.1 Å². The summed E-state index contributed by atoms with van der Waals surface area (Å²) in [5.41, 5.74) is 1.95. The van der Waals surface area contributed by atoms with E-state index in [2.05, 4.69) is 10.1 Å². The number of hydrogen-bond donors (Lipinski definition) is 1. The van der Waals surface area contributed by atoms with Crippen molar-refractivity contribution in [3.05, 3.63) is 28.8 Å². The molecule has 0 bridgehead atoms. The zero-order valence-electron chi connectivity index (χ0n) is 10.2. The SMILES string of the molecule is COC(=O)CCSC(=S)Nc1cc(Cl)ccc1C. The van der Waals surface area contributed by atoms with Gasteiger partial charge in [0.05, 0.1) is 13.5 Å². The highest BCUT2D eigenvalue weighted by Crippen LogP contribution is 2.21. The monoisotopic (exact) mass is 303 g/mol. The molecule has 1 aromatic carbocycles. The van der Waals surface area contributed by atoms with Crippen LogP contribution in [0, 0.1) is 6.92 Å². The number of esters is 1. The van der Waals surface area contributed by atoms with Crippen molar-refractivity contribution >= 4 is 51.6 Å². The molecule has 3 nitrogen and oxygen atoms in total. The number of hydrogen-bond acceptors (Lipinski definition) is 4. The largest absolute Gasteiger partial charge is 0.469 e. The topological polar surface area (TPSA) is 38.3 Å². The van der Waals surface area contributed by atoms with Gasteiger partial charge in [0.1, 0.15) is 4.32 Å². The van der Waals surface area contributed by atoms with E-state index in [0.717, 1.165) is 11.3 Å². The van der Waals surface area contributed by atoms with Crippen LogP contribution in [0.4, 0.5) is 5.69 Å². The van der Waals surface area contributed by atoms with Crippen molar-refractivity contribution in [2.75, 3.05) is 18.2 Å². The highest BCUT2D eigenvalue weighted by atomic mass is 35.5. The molecule has 18 heavy (non-hydrogen) atoms. The number of anilines is 1. The summed E-state index contributed by atoms with van der Waals surface area (Å²) in [5.74, 6) is 0.363. The van der Waals surface area contributed by atoms with Crippen molar-refractivity contribution in [2.24, 2.45) is 0 Å². The maximum atomic E-state index is 10.9. The number of ether oxygens (including phenoxy) is 1. The summed E-state index contributed by atoms with van der Waals surface area (Å²) in [5, 5.41) is 3.76. The fourth-order valence-corrected chi connectivity index (χ4v) is 2.37. The first kappa shape index (κ1) is 15.3. The van der Waals surface area contributed by atoms with Gasteiger partial charge in [0.2, 0.25) is 0 Å². The van der Waals surface area contributed by atoms with Crippen molar-refractivity contribution in [2.45, 2.75) is 13.3 Å². The first-order valence-corrected chi connectivity index (χ1v) is 7.07. The number of aryl methyl sites for hydroxylation is 1. The summed E-state index contributed by atoms with van der Waals surface area (Å²) in [6.07, 6.45) is 0.345. The highest BCUT2D eigenvalue weighted by Gasteiger charge is 2.05. The Balaban J connectivity index is 2.44. The van der Waals surface area contributed by atoms with Crippen LogP contribution >= 0.6 is 35.6 Å². The van der Waals surface area contributed by atoms with Crippen molar-refractivity contribution in [3.63, 3.8) is 0 Å². The van der Waals surface area contributed by atoms with Crippen LogP contribution in [-0.2, 0) is 9.53 Å². The van der Waals surface area contributed by atoms with Gasteiger partial charge in [-0.1, -0.05) is 41.6 Å². The van der Waals surface area contributed by atoms with Crippen molar-refractivity contribution < 1.29 is 9.53 Å². The van der Waals surface area contributed by atoms with E-state index in [1.165, 1.54) is 18.9 Å². The predicted octanol–water partition coefficient (Wildman–Crippen LogP) is 3.64. The Morgan fingerprint density at radius 1 is 1.56 bits per heavy atom. The van der Waals surface area contributed by atoms with Gasteiger partial charge in [0, 0.05) is 16.5 Å². The maximum Gasteiger partial charge on any atom is 0.306 e.